The molecule has 2 rings (SSSR count). The van der Waals surface area contributed by atoms with Crippen LogP contribution >= 0.6 is 15.9 Å². The van der Waals surface area contributed by atoms with E-state index in [9.17, 15) is 4.79 Å². The molecule has 4 heteroatoms. The van der Waals surface area contributed by atoms with Crippen molar-refractivity contribution in [2.45, 2.75) is 6.92 Å². The van der Waals surface area contributed by atoms with Crippen molar-refractivity contribution in [3.8, 4) is 0 Å². The van der Waals surface area contributed by atoms with Gasteiger partial charge in [0, 0.05) is 22.9 Å². The second-order valence-electron chi connectivity index (χ2n) is 3.75. The normalized spacial score (nSPS) is 10.1. The van der Waals surface area contributed by atoms with E-state index in [1.54, 1.807) is 17.2 Å². The van der Waals surface area contributed by atoms with Gasteiger partial charge in [0.2, 0.25) is 0 Å². The number of nitrogens with zero attached hydrogens (tertiary/aromatic N) is 2. The molecule has 0 aliphatic rings. The highest BCUT2D eigenvalue weighted by atomic mass is 79.9. The molecular formula is C14H13BrN2O. The first-order valence-corrected chi connectivity index (χ1v) is 6.50. The molecule has 92 valence electrons. The zero-order chi connectivity index (χ0) is 13.0. The standard InChI is InChI=1S/C14H13BrN2O/c1-2-17(12-6-4-3-5-7-12)14(18)13-9-8-11(15)10-16-13/h3-10H,2H2,1H3. The average molecular weight is 305 g/mol. The zero-order valence-electron chi connectivity index (χ0n) is 10.0. The number of amides is 1. The highest BCUT2D eigenvalue weighted by Crippen LogP contribution is 2.16. The first-order chi connectivity index (χ1) is 8.72. The summed E-state index contributed by atoms with van der Waals surface area (Å²) >= 11 is 3.31. The number of carbonyl (C=O) groups is 1. The Hall–Kier alpha value is -1.68. The number of benzene rings is 1. The summed E-state index contributed by atoms with van der Waals surface area (Å²) in [4.78, 5) is 18.2. The van der Waals surface area contributed by atoms with Gasteiger partial charge in [0.1, 0.15) is 5.69 Å². The molecule has 2 aromatic rings. The number of anilines is 1. The van der Waals surface area contributed by atoms with Crippen LogP contribution in [0.5, 0.6) is 0 Å². The molecule has 18 heavy (non-hydrogen) atoms. The van der Waals surface area contributed by atoms with Gasteiger partial charge >= 0.3 is 0 Å². The number of halogens is 1. The van der Waals surface area contributed by atoms with E-state index in [0.717, 1.165) is 10.2 Å². The van der Waals surface area contributed by atoms with Gasteiger partial charge in [0.15, 0.2) is 0 Å². The highest BCUT2D eigenvalue weighted by molar-refractivity contribution is 9.10. The van der Waals surface area contributed by atoms with E-state index in [4.69, 9.17) is 0 Å². The van der Waals surface area contributed by atoms with Crippen LogP contribution in [-0.2, 0) is 0 Å². The molecule has 1 heterocycles. The van der Waals surface area contributed by atoms with Crippen molar-refractivity contribution in [2.75, 3.05) is 11.4 Å². The zero-order valence-corrected chi connectivity index (χ0v) is 11.6. The Kier molecular flexibility index (Phi) is 4.10. The number of aromatic nitrogens is 1. The van der Waals surface area contributed by atoms with Crippen LogP contribution in [0.25, 0.3) is 0 Å². The molecular weight excluding hydrogens is 292 g/mol. The van der Waals surface area contributed by atoms with Crippen LogP contribution in [0.1, 0.15) is 17.4 Å². The molecule has 0 radical (unpaired) electrons. The Labute approximate surface area is 115 Å². The van der Waals surface area contributed by atoms with Crippen molar-refractivity contribution >= 4 is 27.5 Å². The first-order valence-electron chi connectivity index (χ1n) is 5.71. The van der Waals surface area contributed by atoms with Gasteiger partial charge in [0.25, 0.3) is 5.91 Å². The fraction of sp³-hybridized carbons (Fsp3) is 0.143. The third-order valence-electron chi connectivity index (χ3n) is 2.58. The third-order valence-corrected chi connectivity index (χ3v) is 3.04. The predicted molar refractivity (Wildman–Crippen MR) is 75.7 cm³/mol. The van der Waals surface area contributed by atoms with Crippen molar-refractivity contribution in [3.63, 3.8) is 0 Å². The van der Waals surface area contributed by atoms with Crippen LogP contribution in [0.2, 0.25) is 0 Å². The van der Waals surface area contributed by atoms with E-state index in [1.165, 1.54) is 0 Å². The molecule has 1 aromatic heterocycles. The van der Waals surface area contributed by atoms with Crippen LogP contribution in [0.15, 0.2) is 53.1 Å². The van der Waals surface area contributed by atoms with E-state index in [2.05, 4.69) is 20.9 Å². The summed E-state index contributed by atoms with van der Waals surface area (Å²) < 4.78 is 0.863. The van der Waals surface area contributed by atoms with Crippen LogP contribution in [0.3, 0.4) is 0 Å². The fourth-order valence-electron chi connectivity index (χ4n) is 1.69. The molecule has 0 fully saturated rings. The second kappa shape index (κ2) is 5.78. The van der Waals surface area contributed by atoms with Gasteiger partial charge in [-0.25, -0.2) is 4.98 Å². The summed E-state index contributed by atoms with van der Waals surface area (Å²) in [5.74, 6) is -0.0869. The smallest absolute Gasteiger partial charge is 0.276 e. The molecule has 0 saturated heterocycles. The van der Waals surface area contributed by atoms with Crippen LogP contribution < -0.4 is 4.90 Å². The molecule has 0 spiro atoms. The molecule has 3 nitrogen and oxygen atoms in total. The lowest BCUT2D eigenvalue weighted by molar-refractivity contribution is 0.0983. The van der Waals surface area contributed by atoms with Crippen molar-refractivity contribution in [3.05, 3.63) is 58.8 Å². The van der Waals surface area contributed by atoms with E-state index in [0.29, 0.717) is 12.2 Å². The Morgan fingerprint density at radius 1 is 1.22 bits per heavy atom. The second-order valence-corrected chi connectivity index (χ2v) is 4.66. The highest BCUT2D eigenvalue weighted by Gasteiger charge is 2.16. The quantitative estimate of drug-likeness (QED) is 0.869. The molecule has 1 amide bonds. The van der Waals surface area contributed by atoms with Gasteiger partial charge in [-0.05, 0) is 47.1 Å². The lowest BCUT2D eigenvalue weighted by Crippen LogP contribution is -2.31. The van der Waals surface area contributed by atoms with Crippen LogP contribution in [0, 0.1) is 0 Å². The molecule has 1 aromatic carbocycles. The van der Waals surface area contributed by atoms with Gasteiger partial charge in [-0.1, -0.05) is 18.2 Å². The number of para-hydroxylation sites is 1. The Morgan fingerprint density at radius 2 is 1.94 bits per heavy atom. The minimum absolute atomic E-state index is 0.0869. The van der Waals surface area contributed by atoms with Gasteiger partial charge in [-0.2, -0.15) is 0 Å². The molecule has 0 saturated carbocycles. The van der Waals surface area contributed by atoms with E-state index < -0.39 is 0 Å². The van der Waals surface area contributed by atoms with Crippen molar-refractivity contribution < 1.29 is 4.79 Å². The molecule has 0 atom stereocenters. The Morgan fingerprint density at radius 3 is 2.50 bits per heavy atom. The van der Waals surface area contributed by atoms with E-state index in [-0.39, 0.29) is 5.91 Å². The minimum Gasteiger partial charge on any atom is -0.307 e. The summed E-state index contributed by atoms with van der Waals surface area (Å²) in [6, 6.07) is 13.1. The number of carbonyl (C=O) groups excluding carboxylic acids is 1. The third kappa shape index (κ3) is 2.76. The summed E-state index contributed by atoms with van der Waals surface area (Å²) in [6.45, 7) is 2.56. The summed E-state index contributed by atoms with van der Waals surface area (Å²) in [6.07, 6.45) is 1.63. The maximum absolute atomic E-state index is 12.3. The van der Waals surface area contributed by atoms with Crippen molar-refractivity contribution in [1.82, 2.24) is 4.98 Å². The molecule has 0 unspecified atom stereocenters. The summed E-state index contributed by atoms with van der Waals surface area (Å²) in [5, 5.41) is 0. The fourth-order valence-corrected chi connectivity index (χ4v) is 1.93. The Balaban J connectivity index is 2.28. The SMILES string of the molecule is CCN(C(=O)c1ccc(Br)cn1)c1ccccc1. The number of hydrogen-bond acceptors (Lipinski definition) is 2. The predicted octanol–water partition coefficient (Wildman–Crippen LogP) is 3.51. The largest absolute Gasteiger partial charge is 0.307 e. The number of rotatable bonds is 3. The lowest BCUT2D eigenvalue weighted by atomic mass is 10.2. The van der Waals surface area contributed by atoms with E-state index in [1.807, 2.05) is 43.3 Å². The maximum atomic E-state index is 12.3. The van der Waals surface area contributed by atoms with Crippen molar-refractivity contribution in [2.24, 2.45) is 0 Å². The molecule has 0 bridgehead atoms. The topological polar surface area (TPSA) is 33.2 Å². The Bertz CT molecular complexity index is 525. The lowest BCUT2D eigenvalue weighted by Gasteiger charge is -2.20. The van der Waals surface area contributed by atoms with Crippen molar-refractivity contribution in [1.29, 1.82) is 0 Å². The summed E-state index contributed by atoms with van der Waals surface area (Å²) in [5.41, 5.74) is 1.33. The molecule has 0 aliphatic carbocycles. The number of pyridine rings is 1. The van der Waals surface area contributed by atoms with Gasteiger partial charge in [-0.15, -0.1) is 0 Å². The monoisotopic (exact) mass is 304 g/mol. The minimum atomic E-state index is -0.0869. The van der Waals surface area contributed by atoms with Crippen LogP contribution in [0.4, 0.5) is 5.69 Å². The molecule has 0 aliphatic heterocycles. The van der Waals surface area contributed by atoms with Gasteiger partial charge in [0.05, 0.1) is 0 Å². The molecule has 0 N–H and O–H groups in total. The number of hydrogen-bond donors (Lipinski definition) is 0. The average Bonchev–Trinajstić information content (AvgIpc) is 2.41. The van der Waals surface area contributed by atoms with Gasteiger partial charge in [-0.3, -0.25) is 4.79 Å². The maximum Gasteiger partial charge on any atom is 0.276 e. The van der Waals surface area contributed by atoms with Gasteiger partial charge < -0.3 is 4.90 Å². The summed E-state index contributed by atoms with van der Waals surface area (Å²) in [7, 11) is 0. The van der Waals surface area contributed by atoms with E-state index >= 15 is 0 Å². The van der Waals surface area contributed by atoms with Crippen LogP contribution in [-0.4, -0.2) is 17.4 Å². The first kappa shape index (κ1) is 12.8.